The van der Waals surface area contributed by atoms with Gasteiger partial charge in [0.1, 0.15) is 6.26 Å². The summed E-state index contributed by atoms with van der Waals surface area (Å²) in [6.07, 6.45) is 2.82. The first-order valence-corrected chi connectivity index (χ1v) is 8.26. The van der Waals surface area contributed by atoms with E-state index in [1.54, 1.807) is 0 Å². The summed E-state index contributed by atoms with van der Waals surface area (Å²) in [6, 6.07) is 21.0. The minimum Gasteiger partial charge on any atom is -0.497 e. The lowest BCUT2D eigenvalue weighted by atomic mass is 10.2. The molecule has 0 spiro atoms. The minimum atomic E-state index is -0.0518. The maximum atomic E-state index is 5.51. The Kier molecular flexibility index (Phi) is 5.79. The van der Waals surface area contributed by atoms with E-state index in [4.69, 9.17) is 4.74 Å². The van der Waals surface area contributed by atoms with Gasteiger partial charge >= 0.3 is 21.2 Å². The number of halogens is 1. The molecule has 1 nitrogen and oxygen atoms in total. The highest BCUT2D eigenvalue weighted by atomic mass is 127. The van der Waals surface area contributed by atoms with Crippen LogP contribution in [0.25, 0.3) is 0 Å². The first-order valence-electron chi connectivity index (χ1n) is 5.94. The van der Waals surface area contributed by atoms with Crippen molar-refractivity contribution < 1.29 is 25.9 Å². The SMILES string of the molecule is C(=C/[I+]c1ccccc1)/OCCc1ccccc1. The van der Waals surface area contributed by atoms with Gasteiger partial charge < -0.3 is 4.74 Å². The molecular weight excluding hydrogens is 335 g/mol. The average Bonchev–Trinajstić information content (AvgIpc) is 2.45. The van der Waals surface area contributed by atoms with Crippen LogP contribution in [0.3, 0.4) is 0 Å². The van der Waals surface area contributed by atoms with E-state index in [-0.39, 0.29) is 21.2 Å². The third kappa shape index (κ3) is 4.92. The summed E-state index contributed by atoms with van der Waals surface area (Å²) in [7, 11) is 0. The standard InChI is InChI=1S/C16H16IO/c1-3-7-15(8-4-1)11-13-18-14-12-17-16-9-5-2-6-10-16/h1-10,12,14H,11,13H2/q+1/b14-12-. The van der Waals surface area contributed by atoms with Gasteiger partial charge in [-0.05, 0) is 17.7 Å². The van der Waals surface area contributed by atoms with Gasteiger partial charge in [-0.3, -0.25) is 0 Å². The van der Waals surface area contributed by atoms with Gasteiger partial charge in [-0.1, -0.05) is 48.5 Å². The molecule has 2 aromatic rings. The first kappa shape index (κ1) is 13.1. The van der Waals surface area contributed by atoms with Crippen LogP contribution in [0.4, 0.5) is 0 Å². The highest BCUT2D eigenvalue weighted by Gasteiger charge is 2.04. The Morgan fingerprint density at radius 1 is 0.889 bits per heavy atom. The second-order valence-electron chi connectivity index (χ2n) is 3.77. The summed E-state index contributed by atoms with van der Waals surface area (Å²) in [4.78, 5) is 0. The van der Waals surface area contributed by atoms with E-state index in [9.17, 15) is 0 Å². The third-order valence-electron chi connectivity index (χ3n) is 2.42. The number of ether oxygens (including phenoxy) is 1. The second kappa shape index (κ2) is 7.93. The molecule has 2 rings (SSSR count). The molecule has 0 N–H and O–H groups in total. The van der Waals surface area contributed by atoms with E-state index in [1.165, 1.54) is 9.13 Å². The predicted octanol–water partition coefficient (Wildman–Crippen LogP) is 0.676. The number of rotatable bonds is 6. The van der Waals surface area contributed by atoms with E-state index >= 15 is 0 Å². The fraction of sp³-hybridized carbons (Fsp3) is 0.125. The normalized spacial score (nSPS) is 10.7. The Morgan fingerprint density at radius 2 is 1.56 bits per heavy atom. The molecule has 2 aromatic carbocycles. The lowest BCUT2D eigenvalue weighted by Gasteiger charge is -1.99. The van der Waals surface area contributed by atoms with E-state index in [2.05, 4.69) is 52.6 Å². The molecule has 0 heterocycles. The van der Waals surface area contributed by atoms with E-state index in [1.807, 2.05) is 18.4 Å². The summed E-state index contributed by atoms with van der Waals surface area (Å²) < 4.78 is 9.09. The van der Waals surface area contributed by atoms with Crippen LogP contribution in [0.5, 0.6) is 0 Å². The lowest BCUT2D eigenvalue weighted by molar-refractivity contribution is -0.558. The van der Waals surface area contributed by atoms with Crippen molar-refractivity contribution in [3.8, 4) is 0 Å². The molecule has 0 saturated carbocycles. The molecule has 0 amide bonds. The largest absolute Gasteiger partial charge is 0.497 e. The minimum absolute atomic E-state index is 0.0518. The van der Waals surface area contributed by atoms with Crippen molar-refractivity contribution in [2.24, 2.45) is 0 Å². The van der Waals surface area contributed by atoms with Crippen LogP contribution < -0.4 is 21.2 Å². The summed E-state index contributed by atoms with van der Waals surface area (Å²) in [5, 5.41) is 0. The molecular formula is C16H16IO+. The monoisotopic (exact) mass is 351 g/mol. The summed E-state index contributed by atoms with van der Waals surface area (Å²) in [5.74, 6) is 0. The van der Waals surface area contributed by atoms with Crippen LogP contribution in [0.2, 0.25) is 0 Å². The summed E-state index contributed by atoms with van der Waals surface area (Å²) in [5.41, 5.74) is 1.32. The van der Waals surface area contributed by atoms with Gasteiger partial charge in [0.15, 0.2) is 7.65 Å². The van der Waals surface area contributed by atoms with Crippen molar-refractivity contribution in [3.05, 3.63) is 80.1 Å². The van der Waals surface area contributed by atoms with Crippen LogP contribution in [0.15, 0.2) is 71.0 Å². The Labute approximate surface area is 119 Å². The molecule has 0 bridgehead atoms. The van der Waals surface area contributed by atoms with Crippen molar-refractivity contribution in [3.63, 3.8) is 0 Å². The third-order valence-corrected chi connectivity index (χ3v) is 4.51. The highest BCUT2D eigenvalue weighted by molar-refractivity contribution is 5.14. The van der Waals surface area contributed by atoms with Crippen LogP contribution in [-0.4, -0.2) is 6.61 Å². The molecule has 0 atom stereocenters. The van der Waals surface area contributed by atoms with Gasteiger partial charge in [-0.15, -0.1) is 0 Å². The quantitative estimate of drug-likeness (QED) is 0.423. The summed E-state index contributed by atoms with van der Waals surface area (Å²) in [6.45, 7) is 0.749. The fourth-order valence-corrected chi connectivity index (χ4v) is 3.11. The Morgan fingerprint density at radius 3 is 2.28 bits per heavy atom. The van der Waals surface area contributed by atoms with Crippen molar-refractivity contribution in [2.75, 3.05) is 6.61 Å². The second-order valence-corrected chi connectivity index (χ2v) is 6.36. The zero-order chi connectivity index (χ0) is 12.5. The van der Waals surface area contributed by atoms with Gasteiger partial charge in [-0.25, -0.2) is 0 Å². The highest BCUT2D eigenvalue weighted by Crippen LogP contribution is 1.99. The molecule has 92 valence electrons. The van der Waals surface area contributed by atoms with Gasteiger partial charge in [-0.2, -0.15) is 0 Å². The van der Waals surface area contributed by atoms with Crippen LogP contribution in [-0.2, 0) is 11.2 Å². The molecule has 0 saturated heterocycles. The molecule has 0 aliphatic heterocycles. The van der Waals surface area contributed by atoms with Crippen LogP contribution in [0, 0.1) is 3.57 Å². The van der Waals surface area contributed by atoms with Crippen molar-refractivity contribution in [1.29, 1.82) is 0 Å². The molecule has 2 heteroatoms. The van der Waals surface area contributed by atoms with Gasteiger partial charge in [0.05, 0.1) is 6.61 Å². The van der Waals surface area contributed by atoms with E-state index in [0.717, 1.165) is 13.0 Å². The van der Waals surface area contributed by atoms with Crippen LogP contribution >= 0.6 is 0 Å². The van der Waals surface area contributed by atoms with Gasteiger partial charge in [0, 0.05) is 6.42 Å². The molecule has 0 fully saturated rings. The van der Waals surface area contributed by atoms with Crippen LogP contribution in [0.1, 0.15) is 5.56 Å². The molecule has 0 aliphatic carbocycles. The Balaban J connectivity index is 1.64. The smallest absolute Gasteiger partial charge is 0.352 e. The van der Waals surface area contributed by atoms with E-state index < -0.39 is 0 Å². The molecule has 0 aliphatic rings. The number of hydrogen-bond acceptors (Lipinski definition) is 1. The van der Waals surface area contributed by atoms with Crippen molar-refractivity contribution >= 4 is 0 Å². The number of hydrogen-bond donors (Lipinski definition) is 0. The molecule has 18 heavy (non-hydrogen) atoms. The van der Waals surface area contributed by atoms with Crippen molar-refractivity contribution in [1.82, 2.24) is 0 Å². The van der Waals surface area contributed by atoms with E-state index in [0.29, 0.717) is 0 Å². The zero-order valence-corrected chi connectivity index (χ0v) is 12.3. The lowest BCUT2D eigenvalue weighted by Crippen LogP contribution is -3.59. The molecule has 0 radical (unpaired) electrons. The topological polar surface area (TPSA) is 9.23 Å². The predicted molar refractivity (Wildman–Crippen MR) is 70.4 cm³/mol. The fourth-order valence-electron chi connectivity index (χ4n) is 1.51. The molecule has 0 aromatic heterocycles. The first-order chi connectivity index (χ1) is 8.95. The maximum absolute atomic E-state index is 5.51. The zero-order valence-electron chi connectivity index (χ0n) is 10.1. The Hall–Kier alpha value is -1.29. The van der Waals surface area contributed by atoms with Crippen molar-refractivity contribution in [2.45, 2.75) is 6.42 Å². The average molecular weight is 351 g/mol. The Bertz CT molecular complexity index is 465. The number of benzene rings is 2. The maximum Gasteiger partial charge on any atom is 0.352 e. The van der Waals surface area contributed by atoms with Gasteiger partial charge in [0.25, 0.3) is 0 Å². The molecule has 0 unspecified atom stereocenters. The van der Waals surface area contributed by atoms with Gasteiger partial charge in [0.2, 0.25) is 0 Å². The summed E-state index contributed by atoms with van der Waals surface area (Å²) >= 11 is -0.0518.